The second kappa shape index (κ2) is 5.57. The molecule has 0 unspecified atom stereocenters. The lowest BCUT2D eigenvalue weighted by atomic mass is 10.1. The first-order valence-corrected chi connectivity index (χ1v) is 6.52. The maximum absolute atomic E-state index is 13.8. The minimum absolute atomic E-state index is 0.0646. The van der Waals surface area contributed by atoms with Gasteiger partial charge in [-0.25, -0.2) is 9.18 Å². The van der Waals surface area contributed by atoms with Gasteiger partial charge >= 0.3 is 5.76 Å². The van der Waals surface area contributed by atoms with Gasteiger partial charge in [0.25, 0.3) is 0 Å². The maximum atomic E-state index is 13.8. The Kier molecular flexibility index (Phi) is 3.62. The van der Waals surface area contributed by atoms with Crippen LogP contribution < -0.4 is 5.76 Å². The van der Waals surface area contributed by atoms with E-state index in [1.165, 1.54) is 29.2 Å². The molecule has 21 heavy (non-hydrogen) atoms. The highest BCUT2D eigenvalue weighted by molar-refractivity contribution is 6.31. The molecule has 0 bridgehead atoms. The fraction of sp³-hybridized carbons (Fsp3) is 0.143. The molecule has 0 amide bonds. The molecule has 7 heteroatoms. The molecule has 0 aliphatic rings. The van der Waals surface area contributed by atoms with Crippen molar-refractivity contribution in [3.8, 4) is 0 Å². The number of nitrogens with zero attached hydrogens (tertiary/aromatic N) is 2. The third-order valence-electron chi connectivity index (χ3n) is 3.08. The second-order valence-electron chi connectivity index (χ2n) is 4.46. The molecule has 0 fully saturated rings. The summed E-state index contributed by atoms with van der Waals surface area (Å²) in [5, 5.41) is 3.97. The summed E-state index contributed by atoms with van der Waals surface area (Å²) in [7, 11) is 0. The zero-order chi connectivity index (χ0) is 14.8. The van der Waals surface area contributed by atoms with Crippen molar-refractivity contribution in [2.45, 2.75) is 13.0 Å². The molecule has 3 aromatic rings. The smallest absolute Gasteiger partial charge is 0.441 e. The number of benzene rings is 1. The first kappa shape index (κ1) is 13.6. The van der Waals surface area contributed by atoms with E-state index in [4.69, 9.17) is 16.0 Å². The van der Waals surface area contributed by atoms with Gasteiger partial charge < -0.3 is 4.42 Å². The van der Waals surface area contributed by atoms with Crippen LogP contribution in [0.2, 0.25) is 5.02 Å². The van der Waals surface area contributed by atoms with Crippen molar-refractivity contribution >= 4 is 11.6 Å². The Morgan fingerprint density at radius 1 is 1.33 bits per heavy atom. The number of halogens is 2. The number of hydrogen-bond donors (Lipinski definition) is 0. The highest BCUT2D eigenvalue weighted by atomic mass is 35.5. The van der Waals surface area contributed by atoms with Crippen LogP contribution in [0.3, 0.4) is 0 Å². The lowest BCUT2D eigenvalue weighted by Crippen LogP contribution is -2.18. The van der Waals surface area contributed by atoms with E-state index in [0.29, 0.717) is 5.82 Å². The van der Waals surface area contributed by atoms with Gasteiger partial charge in [0.1, 0.15) is 5.82 Å². The zero-order valence-electron chi connectivity index (χ0n) is 10.8. The maximum Gasteiger partial charge on any atom is 0.441 e. The Balaban J connectivity index is 1.95. The van der Waals surface area contributed by atoms with Crippen molar-refractivity contribution in [1.82, 2.24) is 9.72 Å². The quantitative estimate of drug-likeness (QED) is 0.743. The number of furan rings is 1. The molecule has 0 radical (unpaired) electrons. The van der Waals surface area contributed by atoms with Crippen LogP contribution in [0.1, 0.15) is 17.0 Å². The van der Waals surface area contributed by atoms with E-state index in [-0.39, 0.29) is 23.6 Å². The van der Waals surface area contributed by atoms with E-state index in [0.717, 1.165) is 5.56 Å². The summed E-state index contributed by atoms with van der Waals surface area (Å²) in [6, 6.07) is 6.13. The van der Waals surface area contributed by atoms with Gasteiger partial charge in [-0.3, -0.25) is 9.09 Å². The summed E-state index contributed by atoms with van der Waals surface area (Å²) < 4.78 is 24.7. The molecule has 2 aromatic heterocycles. The van der Waals surface area contributed by atoms with E-state index in [1.54, 1.807) is 12.1 Å². The van der Waals surface area contributed by atoms with E-state index < -0.39 is 11.6 Å². The zero-order valence-corrected chi connectivity index (χ0v) is 11.5. The predicted molar refractivity (Wildman–Crippen MR) is 72.8 cm³/mol. The molecule has 0 saturated carbocycles. The molecule has 108 valence electrons. The number of aromatic nitrogens is 2. The molecule has 5 nitrogen and oxygen atoms in total. The Morgan fingerprint density at radius 2 is 2.19 bits per heavy atom. The summed E-state index contributed by atoms with van der Waals surface area (Å²) in [5.41, 5.74) is 1.05. The summed E-state index contributed by atoms with van der Waals surface area (Å²) in [6.07, 6.45) is 3.08. The van der Waals surface area contributed by atoms with E-state index >= 15 is 0 Å². The molecule has 0 saturated heterocycles. The predicted octanol–water partition coefficient (Wildman–Crippen LogP) is 2.86. The van der Waals surface area contributed by atoms with Crippen molar-refractivity contribution in [3.05, 3.63) is 75.1 Å². The third-order valence-corrected chi connectivity index (χ3v) is 3.43. The monoisotopic (exact) mass is 308 g/mol. The Bertz CT molecular complexity index is 788. The Morgan fingerprint density at radius 3 is 2.90 bits per heavy atom. The van der Waals surface area contributed by atoms with Crippen molar-refractivity contribution in [2.75, 3.05) is 0 Å². The van der Waals surface area contributed by atoms with Gasteiger partial charge in [0.2, 0.25) is 0 Å². The Labute approximate surface area is 123 Å². The van der Waals surface area contributed by atoms with Crippen LogP contribution in [-0.2, 0) is 13.0 Å². The van der Waals surface area contributed by atoms with Crippen LogP contribution in [0.25, 0.3) is 0 Å². The van der Waals surface area contributed by atoms with Gasteiger partial charge in [0.15, 0.2) is 5.82 Å². The van der Waals surface area contributed by atoms with Crippen LogP contribution >= 0.6 is 11.6 Å². The van der Waals surface area contributed by atoms with Crippen LogP contribution in [0.4, 0.5) is 4.39 Å². The minimum Gasteiger partial charge on any atom is -0.472 e. The van der Waals surface area contributed by atoms with Gasteiger partial charge in [-0.15, -0.1) is 0 Å². The van der Waals surface area contributed by atoms with Crippen LogP contribution in [0.15, 0.2) is 50.5 Å². The average molecular weight is 309 g/mol. The highest BCUT2D eigenvalue weighted by Crippen LogP contribution is 2.21. The normalized spacial score (nSPS) is 11.0. The SMILES string of the molecule is O=c1onc(Cc2c(F)cccc2Cl)n1Cc1ccoc1. The molecule has 0 aliphatic heterocycles. The lowest BCUT2D eigenvalue weighted by Gasteiger charge is -2.06. The van der Waals surface area contributed by atoms with Crippen LogP contribution in [0.5, 0.6) is 0 Å². The highest BCUT2D eigenvalue weighted by Gasteiger charge is 2.16. The molecule has 0 aliphatic carbocycles. The largest absolute Gasteiger partial charge is 0.472 e. The molecular weight excluding hydrogens is 299 g/mol. The standard InChI is InChI=1S/C14H10ClFN2O3/c15-11-2-1-3-12(16)10(11)6-13-17-21-14(19)18(13)7-9-4-5-20-8-9/h1-5,8H,6-7H2. The fourth-order valence-electron chi connectivity index (χ4n) is 2.00. The number of rotatable bonds is 4. The third kappa shape index (κ3) is 2.75. The molecule has 0 N–H and O–H groups in total. The minimum atomic E-state index is -0.612. The van der Waals surface area contributed by atoms with Crippen molar-refractivity contribution in [1.29, 1.82) is 0 Å². The molecule has 3 rings (SSSR count). The van der Waals surface area contributed by atoms with Gasteiger partial charge in [-0.2, -0.15) is 0 Å². The summed E-state index contributed by atoms with van der Waals surface area (Å²) in [5.74, 6) is -0.764. The molecule has 0 atom stereocenters. The molecular formula is C14H10ClFN2O3. The lowest BCUT2D eigenvalue weighted by molar-refractivity contribution is 0.375. The Hall–Kier alpha value is -2.34. The summed E-state index contributed by atoms with van der Waals surface area (Å²) >= 11 is 5.98. The van der Waals surface area contributed by atoms with Crippen LogP contribution in [0, 0.1) is 5.82 Å². The van der Waals surface area contributed by atoms with Gasteiger partial charge in [0.05, 0.1) is 19.1 Å². The van der Waals surface area contributed by atoms with Crippen molar-refractivity contribution in [3.63, 3.8) is 0 Å². The van der Waals surface area contributed by atoms with E-state index in [2.05, 4.69) is 9.68 Å². The van der Waals surface area contributed by atoms with Crippen molar-refractivity contribution < 1.29 is 13.3 Å². The fourth-order valence-corrected chi connectivity index (χ4v) is 2.23. The molecule has 1 aromatic carbocycles. The molecule has 0 spiro atoms. The van der Waals surface area contributed by atoms with Gasteiger partial charge in [0, 0.05) is 22.6 Å². The molecule has 2 heterocycles. The first-order valence-electron chi connectivity index (χ1n) is 6.14. The van der Waals surface area contributed by atoms with Crippen molar-refractivity contribution in [2.24, 2.45) is 0 Å². The first-order chi connectivity index (χ1) is 10.1. The number of hydrogen-bond acceptors (Lipinski definition) is 4. The topological polar surface area (TPSA) is 61.2 Å². The van der Waals surface area contributed by atoms with E-state index in [1.807, 2.05) is 0 Å². The second-order valence-corrected chi connectivity index (χ2v) is 4.87. The average Bonchev–Trinajstić information content (AvgIpc) is 3.07. The van der Waals surface area contributed by atoms with Gasteiger partial charge in [-0.05, 0) is 18.2 Å². The van der Waals surface area contributed by atoms with E-state index in [9.17, 15) is 9.18 Å². The van der Waals surface area contributed by atoms with Crippen LogP contribution in [-0.4, -0.2) is 9.72 Å². The summed E-state index contributed by atoms with van der Waals surface area (Å²) in [4.78, 5) is 11.7. The summed E-state index contributed by atoms with van der Waals surface area (Å²) in [6.45, 7) is 0.236. The van der Waals surface area contributed by atoms with Gasteiger partial charge in [-0.1, -0.05) is 22.8 Å².